The third-order valence-corrected chi connectivity index (χ3v) is 19.8. The summed E-state index contributed by atoms with van der Waals surface area (Å²) in [4.78, 5) is 4.83. The molecule has 0 unspecified atom stereocenters. The van der Waals surface area contributed by atoms with E-state index in [0.717, 1.165) is 39.8 Å². The zero-order valence-corrected chi connectivity index (χ0v) is 51.8. The van der Waals surface area contributed by atoms with Gasteiger partial charge in [0, 0.05) is 92.3 Å². The van der Waals surface area contributed by atoms with Crippen molar-refractivity contribution in [2.24, 2.45) is 0 Å². The molecule has 0 radical (unpaired) electrons. The van der Waals surface area contributed by atoms with Crippen LogP contribution < -0.4 is 9.80 Å². The maximum atomic E-state index is 2.42. The minimum atomic E-state index is 1.11. The van der Waals surface area contributed by atoms with Crippen LogP contribution in [-0.4, -0.2) is 13.7 Å². The molecule has 4 aromatic heterocycles. The second-order valence-corrected chi connectivity index (χ2v) is 25.2. The van der Waals surface area contributed by atoms with Gasteiger partial charge in [-0.2, -0.15) is 0 Å². The maximum absolute atomic E-state index is 2.42. The molecule has 0 atom stereocenters. The van der Waals surface area contributed by atoms with E-state index in [1.807, 2.05) is 11.3 Å². The summed E-state index contributed by atoms with van der Waals surface area (Å²) in [6.07, 6.45) is 0. The first-order chi connectivity index (χ1) is 46.1. The molecule has 0 saturated carbocycles. The van der Waals surface area contributed by atoms with Crippen LogP contribution in [0.4, 0.5) is 34.1 Å². The fraction of sp³-hybridized carbons (Fsp3) is 0.0115. The largest absolute Gasteiger partial charge is 0.310 e. The van der Waals surface area contributed by atoms with Gasteiger partial charge in [0.15, 0.2) is 0 Å². The summed E-state index contributed by atoms with van der Waals surface area (Å²) in [5.41, 5.74) is 18.7. The Bertz CT molecular complexity index is 6040. The van der Waals surface area contributed by atoms with E-state index in [4.69, 9.17) is 0 Å². The third kappa shape index (κ3) is 9.05. The lowest BCUT2D eigenvalue weighted by Gasteiger charge is -2.27. The highest BCUT2D eigenvalue weighted by Crippen LogP contribution is 2.48. The number of rotatable bonds is 9. The quantitative estimate of drug-likeness (QED) is 0.144. The molecule has 0 aliphatic carbocycles. The smallest absolute Gasteiger partial charge is 0.0562 e. The molecule has 0 bridgehead atoms. The summed E-state index contributed by atoms with van der Waals surface area (Å²) in [6, 6.07) is 123. The van der Waals surface area contributed by atoms with Gasteiger partial charge in [-0.1, -0.05) is 200 Å². The number of hydrogen-bond acceptors (Lipinski definition) is 3. The molecule has 438 valence electrons. The number of fused-ring (bicyclic) bond motifs is 14. The van der Waals surface area contributed by atoms with Crippen LogP contribution in [0.2, 0.25) is 0 Å². The average molecular weight is 1210 g/mol. The van der Waals surface area contributed by atoms with Crippen LogP contribution in [0.15, 0.2) is 340 Å². The number of nitrogens with zero attached hydrogens (tertiary/aromatic N) is 5. The highest BCUT2D eigenvalue weighted by atomic mass is 32.1. The van der Waals surface area contributed by atoms with E-state index in [-0.39, 0.29) is 0 Å². The van der Waals surface area contributed by atoms with Gasteiger partial charge in [0.2, 0.25) is 0 Å². The van der Waals surface area contributed by atoms with E-state index in [2.05, 4.69) is 370 Å². The summed E-state index contributed by atoms with van der Waals surface area (Å²) in [7, 11) is 0. The van der Waals surface area contributed by atoms with E-state index in [9.17, 15) is 0 Å². The highest BCUT2D eigenvalue weighted by Gasteiger charge is 2.24. The van der Waals surface area contributed by atoms with Crippen LogP contribution in [0.5, 0.6) is 0 Å². The van der Waals surface area contributed by atoms with Crippen molar-refractivity contribution in [2.45, 2.75) is 6.92 Å². The third-order valence-electron chi connectivity index (χ3n) is 18.7. The van der Waals surface area contributed by atoms with Gasteiger partial charge in [-0.25, -0.2) is 0 Å². The van der Waals surface area contributed by atoms with Gasteiger partial charge in [0.25, 0.3) is 0 Å². The molecule has 6 heteroatoms. The van der Waals surface area contributed by atoms with Crippen molar-refractivity contribution in [3.05, 3.63) is 345 Å². The van der Waals surface area contributed by atoms with Crippen molar-refractivity contribution < 1.29 is 0 Å². The van der Waals surface area contributed by atoms with Gasteiger partial charge >= 0.3 is 0 Å². The predicted molar refractivity (Wildman–Crippen MR) is 398 cm³/mol. The molecule has 0 spiro atoms. The molecule has 0 fully saturated rings. The van der Waals surface area contributed by atoms with Crippen LogP contribution in [0.25, 0.3) is 124 Å². The first kappa shape index (κ1) is 54.0. The number of thiophene rings is 1. The van der Waals surface area contributed by atoms with Crippen LogP contribution in [0.1, 0.15) is 5.56 Å². The highest BCUT2D eigenvalue weighted by molar-refractivity contribution is 7.25. The lowest BCUT2D eigenvalue weighted by atomic mass is 10.1. The second kappa shape index (κ2) is 22.2. The fourth-order valence-corrected chi connectivity index (χ4v) is 15.6. The normalized spacial score (nSPS) is 11.7. The SMILES string of the molecule is Cc1ccc(N(c2ccc(-n3c4ccccc4c4ccccc43)cc2)c2cccc3c2c2ccccc2n3-c2ccc3ccccc3c2)cc1.c1ccc(N(c2ccc3sc4ccccc4c3c2)c2cccc3c2c2ccccc2n3-c2ccc3ccccc3c2)cc1. The molecule has 0 aliphatic rings. The number of aromatic nitrogens is 3. The maximum Gasteiger partial charge on any atom is 0.0562 e. The molecule has 0 saturated heterocycles. The van der Waals surface area contributed by atoms with Crippen LogP contribution in [0, 0.1) is 6.92 Å². The van der Waals surface area contributed by atoms with Gasteiger partial charge < -0.3 is 23.5 Å². The molecule has 4 heterocycles. The van der Waals surface area contributed by atoms with Crippen molar-refractivity contribution in [3.63, 3.8) is 0 Å². The van der Waals surface area contributed by atoms with Crippen molar-refractivity contribution in [1.82, 2.24) is 13.7 Å². The fourth-order valence-electron chi connectivity index (χ4n) is 14.5. The molecule has 93 heavy (non-hydrogen) atoms. The van der Waals surface area contributed by atoms with E-state index in [1.165, 1.54) is 124 Å². The zero-order valence-electron chi connectivity index (χ0n) is 51.0. The first-order valence-corrected chi connectivity index (χ1v) is 32.6. The predicted octanol–water partition coefficient (Wildman–Crippen LogP) is 24.6. The standard InChI is InChI=1S/C47H33N3.C40H26N2S/c1-32-21-24-35(25-22-32)48(36-27-29-37(30-28-36)49-42-16-7-4-13-39(42)40-14-5-8-17-43(40)49)45-19-10-20-46-47(45)41-15-6-9-18-44(41)50(46)38-26-23-33-11-2-3-12-34(33)31-38;1-2-13-29(14-3-1)41(31-23-24-39-34(26-31)32-15-7-9-20-38(32)43-39)36-18-10-19-37-40(36)33-16-6-8-17-35(33)42(37)30-22-21-27-11-4-5-12-28(27)25-30/h2-31H,1H3;1-26H. The first-order valence-electron chi connectivity index (χ1n) is 31.8. The minimum Gasteiger partial charge on any atom is -0.310 e. The van der Waals surface area contributed by atoms with Gasteiger partial charge in [0.1, 0.15) is 0 Å². The Hall–Kier alpha value is -12.0. The van der Waals surface area contributed by atoms with Crippen LogP contribution in [0.3, 0.4) is 0 Å². The zero-order chi connectivity index (χ0) is 61.5. The van der Waals surface area contributed by atoms with Gasteiger partial charge in [-0.15, -0.1) is 11.3 Å². The Morgan fingerprint density at radius 2 is 0.613 bits per heavy atom. The lowest BCUT2D eigenvalue weighted by Crippen LogP contribution is -2.10. The molecular formula is C87H59N5S. The number of benzene rings is 15. The van der Waals surface area contributed by atoms with Crippen molar-refractivity contribution in [2.75, 3.05) is 9.80 Å². The Balaban J connectivity index is 0.000000138. The summed E-state index contributed by atoms with van der Waals surface area (Å²) in [6.45, 7) is 2.15. The molecule has 0 aliphatic heterocycles. The summed E-state index contributed by atoms with van der Waals surface area (Å²) in [5, 5.41) is 15.0. The summed E-state index contributed by atoms with van der Waals surface area (Å²) < 4.78 is 9.84. The number of aryl methyl sites for hydroxylation is 1. The summed E-state index contributed by atoms with van der Waals surface area (Å²) >= 11 is 1.86. The molecule has 5 nitrogen and oxygen atoms in total. The van der Waals surface area contributed by atoms with Crippen molar-refractivity contribution in [1.29, 1.82) is 0 Å². The van der Waals surface area contributed by atoms with E-state index >= 15 is 0 Å². The molecule has 19 aromatic rings. The van der Waals surface area contributed by atoms with Crippen LogP contribution in [-0.2, 0) is 0 Å². The Morgan fingerprint density at radius 1 is 0.237 bits per heavy atom. The number of para-hydroxylation sites is 5. The van der Waals surface area contributed by atoms with E-state index in [0.29, 0.717) is 0 Å². The number of hydrogen-bond donors (Lipinski definition) is 0. The Kier molecular flexibility index (Phi) is 12.9. The average Bonchev–Trinajstić information content (AvgIpc) is 1.63. The van der Waals surface area contributed by atoms with Gasteiger partial charge in [-0.3, -0.25) is 0 Å². The monoisotopic (exact) mass is 1210 g/mol. The topological polar surface area (TPSA) is 21.3 Å². The lowest BCUT2D eigenvalue weighted by molar-refractivity contribution is 1.17. The molecule has 0 amide bonds. The van der Waals surface area contributed by atoms with Gasteiger partial charge in [0.05, 0.1) is 44.5 Å². The summed E-state index contributed by atoms with van der Waals surface area (Å²) in [5.74, 6) is 0. The molecule has 0 N–H and O–H groups in total. The molecule has 19 rings (SSSR count). The van der Waals surface area contributed by atoms with E-state index < -0.39 is 0 Å². The second-order valence-electron chi connectivity index (χ2n) is 24.1. The van der Waals surface area contributed by atoms with E-state index in [1.54, 1.807) is 0 Å². The Morgan fingerprint density at radius 3 is 1.16 bits per heavy atom. The molecule has 15 aromatic carbocycles. The number of anilines is 6. The molecular weight excluding hydrogens is 1150 g/mol. The van der Waals surface area contributed by atoms with Gasteiger partial charge in [-0.05, 0) is 174 Å². The minimum absolute atomic E-state index is 1.11. The Labute approximate surface area is 541 Å². The van der Waals surface area contributed by atoms with Crippen LogP contribution >= 0.6 is 11.3 Å². The van der Waals surface area contributed by atoms with Crippen molar-refractivity contribution >= 4 is 153 Å². The van der Waals surface area contributed by atoms with Crippen molar-refractivity contribution in [3.8, 4) is 17.1 Å².